The van der Waals surface area contributed by atoms with E-state index in [1.807, 2.05) is 18.2 Å². The summed E-state index contributed by atoms with van der Waals surface area (Å²) in [5.41, 5.74) is 1.56. The molecule has 1 aliphatic rings. The lowest BCUT2D eigenvalue weighted by Crippen LogP contribution is -2.26. The Morgan fingerprint density at radius 2 is 2.37 bits per heavy atom. The summed E-state index contributed by atoms with van der Waals surface area (Å²) >= 11 is 0. The Hall–Kier alpha value is -2.37. The summed E-state index contributed by atoms with van der Waals surface area (Å²) < 4.78 is 4.70. The zero-order valence-electron chi connectivity index (χ0n) is 10.4. The van der Waals surface area contributed by atoms with Gasteiger partial charge in [0.2, 0.25) is 5.91 Å². The highest BCUT2D eigenvalue weighted by molar-refractivity contribution is 6.05. The number of ether oxygens (including phenoxy) is 1. The number of benzene rings is 1. The number of carbonyl (C=O) groups is 2. The van der Waals surface area contributed by atoms with E-state index in [4.69, 9.17) is 4.74 Å². The molecule has 1 aliphatic heterocycles. The van der Waals surface area contributed by atoms with Crippen LogP contribution in [0.25, 0.3) is 10.9 Å². The number of hydrogen-bond donors (Lipinski definition) is 1. The molecular weight excluding hydrogens is 246 g/mol. The summed E-state index contributed by atoms with van der Waals surface area (Å²) in [6.07, 6.45) is 1.90. The fourth-order valence-corrected chi connectivity index (χ4v) is 2.44. The first-order chi connectivity index (χ1) is 9.20. The van der Waals surface area contributed by atoms with Crippen molar-refractivity contribution in [2.24, 2.45) is 5.92 Å². The minimum Gasteiger partial charge on any atom is -0.469 e. The van der Waals surface area contributed by atoms with Gasteiger partial charge >= 0.3 is 5.97 Å². The van der Waals surface area contributed by atoms with Crippen molar-refractivity contribution in [3.63, 3.8) is 0 Å². The molecule has 19 heavy (non-hydrogen) atoms. The van der Waals surface area contributed by atoms with Gasteiger partial charge < -0.3 is 9.64 Å². The van der Waals surface area contributed by atoms with Gasteiger partial charge in [0.15, 0.2) is 0 Å². The van der Waals surface area contributed by atoms with Crippen LogP contribution in [0.4, 0.5) is 5.69 Å². The lowest BCUT2D eigenvalue weighted by atomic mass is 10.1. The van der Waals surface area contributed by atoms with Crippen LogP contribution >= 0.6 is 0 Å². The van der Waals surface area contributed by atoms with Crippen molar-refractivity contribution in [1.82, 2.24) is 10.2 Å². The Morgan fingerprint density at radius 1 is 1.53 bits per heavy atom. The Labute approximate surface area is 109 Å². The number of anilines is 1. The Kier molecular flexibility index (Phi) is 2.70. The van der Waals surface area contributed by atoms with E-state index in [9.17, 15) is 9.59 Å². The van der Waals surface area contributed by atoms with Gasteiger partial charge in [-0.15, -0.1) is 0 Å². The number of H-pyrrole nitrogens is 1. The highest BCUT2D eigenvalue weighted by Gasteiger charge is 2.36. The Balaban J connectivity index is 1.96. The molecule has 1 amide bonds. The molecular formula is C13H13N3O3. The predicted octanol–water partition coefficient (Wildman–Crippen LogP) is 1.09. The fourth-order valence-electron chi connectivity index (χ4n) is 2.44. The molecule has 0 radical (unpaired) electrons. The predicted molar refractivity (Wildman–Crippen MR) is 68.6 cm³/mol. The molecule has 6 nitrogen and oxygen atoms in total. The van der Waals surface area contributed by atoms with Crippen molar-refractivity contribution in [3.8, 4) is 0 Å². The van der Waals surface area contributed by atoms with Gasteiger partial charge in [-0.05, 0) is 6.07 Å². The molecule has 6 heteroatoms. The van der Waals surface area contributed by atoms with Crippen molar-refractivity contribution in [3.05, 3.63) is 24.4 Å². The normalized spacial score (nSPS) is 19.1. The third kappa shape index (κ3) is 1.85. The second-order valence-electron chi connectivity index (χ2n) is 4.54. The number of nitrogens with zero attached hydrogens (tertiary/aromatic N) is 2. The summed E-state index contributed by atoms with van der Waals surface area (Å²) in [4.78, 5) is 25.2. The first-order valence-electron chi connectivity index (χ1n) is 6.01. The minimum absolute atomic E-state index is 0.0718. The molecule has 1 aromatic heterocycles. The topological polar surface area (TPSA) is 75.3 Å². The number of rotatable bonds is 2. The molecule has 2 heterocycles. The van der Waals surface area contributed by atoms with Crippen molar-refractivity contribution >= 4 is 28.5 Å². The third-order valence-corrected chi connectivity index (χ3v) is 3.41. The smallest absolute Gasteiger partial charge is 0.311 e. The van der Waals surface area contributed by atoms with E-state index in [1.165, 1.54) is 7.11 Å². The number of aromatic nitrogens is 2. The van der Waals surface area contributed by atoms with Gasteiger partial charge in [-0.3, -0.25) is 14.7 Å². The molecule has 0 spiro atoms. The standard InChI is InChI=1S/C13H13N3O3/c1-19-13(18)9-5-11(17)16(7-9)10-4-2-3-8-6-14-15-12(8)10/h2-4,6,9H,5,7H2,1H3,(H,14,15). The second kappa shape index (κ2) is 4.38. The van der Waals surface area contributed by atoms with Gasteiger partial charge in [0.1, 0.15) is 0 Å². The molecule has 98 valence electrons. The van der Waals surface area contributed by atoms with E-state index in [2.05, 4.69) is 10.2 Å². The number of hydrogen-bond acceptors (Lipinski definition) is 4. The maximum Gasteiger partial charge on any atom is 0.311 e. The summed E-state index contributed by atoms with van der Waals surface area (Å²) in [6, 6.07) is 5.63. The highest BCUT2D eigenvalue weighted by atomic mass is 16.5. The van der Waals surface area contributed by atoms with E-state index in [-0.39, 0.29) is 18.3 Å². The number of carbonyl (C=O) groups excluding carboxylic acids is 2. The van der Waals surface area contributed by atoms with E-state index < -0.39 is 5.92 Å². The Morgan fingerprint density at radius 3 is 3.16 bits per heavy atom. The number of nitrogens with one attached hydrogen (secondary N) is 1. The quantitative estimate of drug-likeness (QED) is 0.819. The maximum absolute atomic E-state index is 12.1. The number of methoxy groups -OCH3 is 1. The first kappa shape index (κ1) is 11.7. The van der Waals surface area contributed by atoms with Crippen LogP contribution in [0.5, 0.6) is 0 Å². The SMILES string of the molecule is COC(=O)C1CC(=O)N(c2cccc3cn[nH]c23)C1. The second-order valence-corrected chi connectivity index (χ2v) is 4.54. The lowest BCUT2D eigenvalue weighted by Gasteiger charge is -2.16. The van der Waals surface area contributed by atoms with Crippen LogP contribution in [0.2, 0.25) is 0 Å². The zero-order valence-corrected chi connectivity index (χ0v) is 10.4. The van der Waals surface area contributed by atoms with Crippen LogP contribution in [0.1, 0.15) is 6.42 Å². The monoisotopic (exact) mass is 259 g/mol. The molecule has 0 bridgehead atoms. The van der Waals surface area contributed by atoms with Crippen LogP contribution in [0.3, 0.4) is 0 Å². The number of fused-ring (bicyclic) bond motifs is 1. The average Bonchev–Trinajstić information content (AvgIpc) is 3.03. The minimum atomic E-state index is -0.393. The number of aromatic amines is 1. The van der Waals surface area contributed by atoms with E-state index in [0.29, 0.717) is 6.54 Å². The maximum atomic E-state index is 12.1. The number of esters is 1. The molecule has 2 aromatic rings. The van der Waals surface area contributed by atoms with Crippen molar-refractivity contribution in [2.45, 2.75) is 6.42 Å². The van der Waals surface area contributed by atoms with Gasteiger partial charge in [0.25, 0.3) is 0 Å². The molecule has 3 rings (SSSR count). The van der Waals surface area contributed by atoms with Crippen LogP contribution in [-0.4, -0.2) is 35.7 Å². The summed E-state index contributed by atoms with van der Waals surface area (Å²) in [5, 5.41) is 7.79. The van der Waals surface area contributed by atoms with E-state index in [1.54, 1.807) is 11.1 Å². The number of para-hydroxylation sites is 1. The zero-order chi connectivity index (χ0) is 13.4. The van der Waals surface area contributed by atoms with Crippen molar-refractivity contribution in [1.29, 1.82) is 0 Å². The lowest BCUT2D eigenvalue weighted by molar-refractivity contribution is -0.145. The summed E-state index contributed by atoms with van der Waals surface area (Å²) in [5.74, 6) is -0.805. The van der Waals surface area contributed by atoms with Crippen LogP contribution in [0.15, 0.2) is 24.4 Å². The third-order valence-electron chi connectivity index (χ3n) is 3.41. The Bertz CT molecular complexity index is 649. The summed E-state index contributed by atoms with van der Waals surface area (Å²) in [6.45, 7) is 0.351. The molecule has 1 atom stereocenters. The fraction of sp³-hybridized carbons (Fsp3) is 0.308. The average molecular weight is 259 g/mol. The summed E-state index contributed by atoms with van der Waals surface area (Å²) in [7, 11) is 1.34. The van der Waals surface area contributed by atoms with Gasteiger partial charge in [-0.1, -0.05) is 12.1 Å². The molecule has 1 unspecified atom stereocenters. The first-order valence-corrected chi connectivity index (χ1v) is 6.01. The highest BCUT2D eigenvalue weighted by Crippen LogP contribution is 2.30. The van der Waals surface area contributed by atoms with Crippen LogP contribution in [0, 0.1) is 5.92 Å². The van der Waals surface area contributed by atoms with Gasteiger partial charge in [0.05, 0.1) is 30.4 Å². The van der Waals surface area contributed by atoms with Crippen LogP contribution in [-0.2, 0) is 14.3 Å². The van der Waals surface area contributed by atoms with Crippen molar-refractivity contribution in [2.75, 3.05) is 18.6 Å². The van der Waals surface area contributed by atoms with Crippen molar-refractivity contribution < 1.29 is 14.3 Å². The largest absolute Gasteiger partial charge is 0.469 e. The van der Waals surface area contributed by atoms with Gasteiger partial charge in [-0.2, -0.15) is 5.10 Å². The number of amides is 1. The van der Waals surface area contributed by atoms with E-state index in [0.717, 1.165) is 16.6 Å². The molecule has 1 N–H and O–H groups in total. The molecule has 0 aliphatic carbocycles. The van der Waals surface area contributed by atoms with Gasteiger partial charge in [-0.25, -0.2) is 0 Å². The molecule has 1 saturated heterocycles. The van der Waals surface area contributed by atoms with Crippen LogP contribution < -0.4 is 4.90 Å². The van der Waals surface area contributed by atoms with E-state index >= 15 is 0 Å². The molecule has 1 fully saturated rings. The molecule has 1 aromatic carbocycles. The molecule has 0 saturated carbocycles. The van der Waals surface area contributed by atoms with Gasteiger partial charge in [0, 0.05) is 18.4 Å².